The first kappa shape index (κ1) is 12.8. The van der Waals surface area contributed by atoms with Crippen molar-refractivity contribution in [3.63, 3.8) is 0 Å². The highest BCUT2D eigenvalue weighted by Crippen LogP contribution is 2.26. The Bertz CT molecular complexity index is 764. The van der Waals surface area contributed by atoms with Crippen LogP contribution >= 0.6 is 11.3 Å². The Hall–Kier alpha value is -2.17. The number of aliphatic hydroxyl groups is 1. The van der Waals surface area contributed by atoms with Crippen molar-refractivity contribution in [2.75, 3.05) is 5.32 Å². The van der Waals surface area contributed by atoms with Crippen LogP contribution in [-0.4, -0.2) is 11.0 Å². The summed E-state index contributed by atoms with van der Waals surface area (Å²) in [6.07, 6.45) is 0. The predicted molar refractivity (Wildman–Crippen MR) is 82.1 cm³/mol. The summed E-state index contributed by atoms with van der Waals surface area (Å²) in [6.45, 7) is -0.0964. The van der Waals surface area contributed by atoms with Gasteiger partial charge in [0, 0.05) is 26.7 Å². The molecule has 1 amide bonds. The summed E-state index contributed by atoms with van der Waals surface area (Å²) in [5, 5.41) is 15.0. The summed E-state index contributed by atoms with van der Waals surface area (Å²) >= 11 is 1.55. The van der Waals surface area contributed by atoms with Crippen LogP contribution in [0.5, 0.6) is 0 Å². The summed E-state index contributed by atoms with van der Waals surface area (Å²) < 4.78 is 1.09. The van der Waals surface area contributed by atoms with E-state index in [9.17, 15) is 9.90 Å². The minimum Gasteiger partial charge on any atom is -0.392 e. The van der Waals surface area contributed by atoms with Crippen LogP contribution in [0.1, 0.15) is 15.9 Å². The molecule has 0 bridgehead atoms. The smallest absolute Gasteiger partial charge is 0.257 e. The molecule has 20 heavy (non-hydrogen) atoms. The van der Waals surface area contributed by atoms with Crippen molar-refractivity contribution in [1.82, 2.24) is 0 Å². The van der Waals surface area contributed by atoms with Gasteiger partial charge >= 0.3 is 0 Å². The molecule has 0 fully saturated rings. The number of nitrogens with one attached hydrogen (secondary N) is 1. The Kier molecular flexibility index (Phi) is 3.50. The van der Waals surface area contributed by atoms with Gasteiger partial charge in [0.2, 0.25) is 0 Å². The number of hydrogen-bond acceptors (Lipinski definition) is 3. The van der Waals surface area contributed by atoms with Crippen LogP contribution in [0.3, 0.4) is 0 Å². The monoisotopic (exact) mass is 283 g/mol. The highest BCUT2D eigenvalue weighted by Gasteiger charge is 2.13. The third kappa shape index (κ3) is 2.31. The van der Waals surface area contributed by atoms with Crippen LogP contribution in [0.2, 0.25) is 0 Å². The molecule has 100 valence electrons. The second-order valence-corrected chi connectivity index (χ2v) is 5.33. The number of para-hydroxylation sites is 1. The van der Waals surface area contributed by atoms with Crippen molar-refractivity contribution in [3.8, 4) is 0 Å². The summed E-state index contributed by atoms with van der Waals surface area (Å²) in [5.74, 6) is -0.150. The summed E-state index contributed by atoms with van der Waals surface area (Å²) in [6, 6.07) is 15.1. The van der Waals surface area contributed by atoms with Crippen molar-refractivity contribution >= 4 is 33.0 Å². The van der Waals surface area contributed by atoms with Crippen molar-refractivity contribution in [3.05, 3.63) is 65.0 Å². The molecule has 3 rings (SSSR count). The maximum absolute atomic E-state index is 12.4. The van der Waals surface area contributed by atoms with E-state index in [1.165, 1.54) is 0 Å². The normalized spacial score (nSPS) is 10.7. The van der Waals surface area contributed by atoms with E-state index >= 15 is 0 Å². The van der Waals surface area contributed by atoms with E-state index in [0.717, 1.165) is 10.1 Å². The average Bonchev–Trinajstić information content (AvgIpc) is 2.92. The first-order valence-corrected chi connectivity index (χ1v) is 7.14. The minimum absolute atomic E-state index is 0.0964. The lowest BCUT2D eigenvalue weighted by molar-refractivity contribution is 0.102. The van der Waals surface area contributed by atoms with Gasteiger partial charge in [-0.3, -0.25) is 4.79 Å². The van der Waals surface area contributed by atoms with Crippen LogP contribution < -0.4 is 5.32 Å². The topological polar surface area (TPSA) is 49.3 Å². The zero-order valence-electron chi connectivity index (χ0n) is 10.7. The van der Waals surface area contributed by atoms with E-state index in [2.05, 4.69) is 5.32 Å². The Balaban J connectivity index is 1.93. The lowest BCUT2D eigenvalue weighted by atomic mass is 10.1. The summed E-state index contributed by atoms with van der Waals surface area (Å²) in [7, 11) is 0. The van der Waals surface area contributed by atoms with E-state index in [1.54, 1.807) is 23.5 Å². The lowest BCUT2D eigenvalue weighted by Gasteiger charge is -2.08. The van der Waals surface area contributed by atoms with Gasteiger partial charge in [-0.05, 0) is 12.1 Å². The first-order valence-electron chi connectivity index (χ1n) is 6.26. The van der Waals surface area contributed by atoms with E-state index in [4.69, 9.17) is 0 Å². The molecule has 0 aliphatic carbocycles. The van der Waals surface area contributed by atoms with Gasteiger partial charge in [-0.25, -0.2) is 0 Å². The third-order valence-corrected chi connectivity index (χ3v) is 4.12. The van der Waals surface area contributed by atoms with Crippen molar-refractivity contribution < 1.29 is 9.90 Å². The quantitative estimate of drug-likeness (QED) is 0.771. The standard InChI is InChI=1S/C16H13NO2S/c18-9-11-5-1-3-7-14(11)17-16(19)13-10-20-15-8-4-2-6-12(13)15/h1-8,10,18H,9H2,(H,17,19). The molecule has 2 N–H and O–H groups in total. The van der Waals surface area contributed by atoms with Crippen LogP contribution in [-0.2, 0) is 6.61 Å². The number of benzene rings is 2. The summed E-state index contributed by atoms with van der Waals surface area (Å²) in [4.78, 5) is 12.4. The Morgan fingerprint density at radius 1 is 1.10 bits per heavy atom. The Labute approximate surface area is 120 Å². The van der Waals surface area contributed by atoms with E-state index in [1.807, 2.05) is 41.8 Å². The number of fused-ring (bicyclic) bond motifs is 1. The van der Waals surface area contributed by atoms with Crippen LogP contribution in [0, 0.1) is 0 Å². The van der Waals surface area contributed by atoms with Crippen LogP contribution in [0.25, 0.3) is 10.1 Å². The number of amides is 1. The van der Waals surface area contributed by atoms with Gasteiger partial charge in [-0.1, -0.05) is 36.4 Å². The van der Waals surface area contributed by atoms with E-state index in [-0.39, 0.29) is 12.5 Å². The van der Waals surface area contributed by atoms with Crippen molar-refractivity contribution in [1.29, 1.82) is 0 Å². The Morgan fingerprint density at radius 3 is 2.70 bits per heavy atom. The van der Waals surface area contributed by atoms with Gasteiger partial charge in [-0.15, -0.1) is 11.3 Å². The van der Waals surface area contributed by atoms with E-state index in [0.29, 0.717) is 16.8 Å². The molecule has 3 aromatic rings. The second-order valence-electron chi connectivity index (χ2n) is 4.41. The number of aliphatic hydroxyl groups excluding tert-OH is 1. The van der Waals surface area contributed by atoms with Gasteiger partial charge < -0.3 is 10.4 Å². The van der Waals surface area contributed by atoms with Crippen molar-refractivity contribution in [2.24, 2.45) is 0 Å². The number of anilines is 1. The molecule has 0 unspecified atom stereocenters. The van der Waals surface area contributed by atoms with Gasteiger partial charge in [0.1, 0.15) is 0 Å². The molecule has 0 aliphatic heterocycles. The van der Waals surface area contributed by atoms with Crippen LogP contribution in [0.4, 0.5) is 5.69 Å². The molecule has 2 aromatic carbocycles. The second kappa shape index (κ2) is 5.45. The largest absolute Gasteiger partial charge is 0.392 e. The van der Waals surface area contributed by atoms with Gasteiger partial charge in [-0.2, -0.15) is 0 Å². The maximum atomic E-state index is 12.4. The number of rotatable bonds is 3. The molecule has 0 radical (unpaired) electrons. The average molecular weight is 283 g/mol. The molecule has 1 heterocycles. The molecular weight excluding hydrogens is 270 g/mol. The van der Waals surface area contributed by atoms with Crippen molar-refractivity contribution in [2.45, 2.75) is 6.61 Å². The highest BCUT2D eigenvalue weighted by molar-refractivity contribution is 7.17. The SMILES string of the molecule is O=C(Nc1ccccc1CO)c1csc2ccccc12. The molecule has 0 atom stereocenters. The highest BCUT2D eigenvalue weighted by atomic mass is 32.1. The molecule has 0 saturated carbocycles. The fourth-order valence-corrected chi connectivity index (χ4v) is 3.06. The van der Waals surface area contributed by atoms with Gasteiger partial charge in [0.25, 0.3) is 5.91 Å². The van der Waals surface area contributed by atoms with Gasteiger partial charge in [0.05, 0.1) is 12.2 Å². The third-order valence-electron chi connectivity index (χ3n) is 3.16. The number of carbonyl (C=O) groups excluding carboxylic acids is 1. The number of thiophene rings is 1. The molecule has 3 nitrogen and oxygen atoms in total. The van der Waals surface area contributed by atoms with Crippen LogP contribution in [0.15, 0.2) is 53.9 Å². The first-order chi connectivity index (χ1) is 9.79. The maximum Gasteiger partial charge on any atom is 0.257 e. The molecular formula is C16H13NO2S. The predicted octanol–water partition coefficient (Wildman–Crippen LogP) is 3.65. The molecule has 0 saturated heterocycles. The number of hydrogen-bond donors (Lipinski definition) is 2. The molecule has 0 aliphatic rings. The zero-order chi connectivity index (χ0) is 13.9. The molecule has 0 spiro atoms. The lowest BCUT2D eigenvalue weighted by Crippen LogP contribution is -2.12. The van der Waals surface area contributed by atoms with E-state index < -0.39 is 0 Å². The fourth-order valence-electron chi connectivity index (χ4n) is 2.12. The fraction of sp³-hybridized carbons (Fsp3) is 0.0625. The zero-order valence-corrected chi connectivity index (χ0v) is 11.5. The molecule has 1 aromatic heterocycles. The molecule has 4 heteroatoms. The number of carbonyl (C=O) groups is 1. The Morgan fingerprint density at radius 2 is 1.85 bits per heavy atom. The minimum atomic E-state index is -0.150. The van der Waals surface area contributed by atoms with Gasteiger partial charge in [0.15, 0.2) is 0 Å². The summed E-state index contributed by atoms with van der Waals surface area (Å²) in [5.41, 5.74) is 2.02.